The summed E-state index contributed by atoms with van der Waals surface area (Å²) in [5, 5.41) is 0. The summed E-state index contributed by atoms with van der Waals surface area (Å²) in [5.74, 6) is 0. The van der Waals surface area contributed by atoms with Gasteiger partial charge in [0.1, 0.15) is 5.65 Å². The topological polar surface area (TPSA) is 30.2 Å². The summed E-state index contributed by atoms with van der Waals surface area (Å²) in [7, 11) is 0. The van der Waals surface area contributed by atoms with Crippen molar-refractivity contribution in [3.8, 4) is 67.3 Å². The Morgan fingerprint density at radius 3 is 1.60 bits per heavy atom. The summed E-state index contributed by atoms with van der Waals surface area (Å²) in [6.45, 7) is 0. The Bertz CT molecular complexity index is 2800. The number of hydrogen-bond donors (Lipinski definition) is 0. The first kappa shape index (κ1) is 28.9. The lowest BCUT2D eigenvalue weighted by atomic mass is 9.70. The maximum atomic E-state index is 5.33. The Labute approximate surface area is 302 Å². The van der Waals surface area contributed by atoms with E-state index >= 15 is 0 Å². The highest BCUT2D eigenvalue weighted by Gasteiger charge is 2.51. The Kier molecular flexibility index (Phi) is 6.17. The van der Waals surface area contributed by atoms with Crippen LogP contribution in [0.4, 0.5) is 0 Å². The molecule has 242 valence electrons. The smallest absolute Gasteiger partial charge is 0.137 e. The van der Waals surface area contributed by atoms with Crippen molar-refractivity contribution in [3.63, 3.8) is 0 Å². The van der Waals surface area contributed by atoms with Crippen LogP contribution in [0.15, 0.2) is 188 Å². The first-order chi connectivity index (χ1) is 25.8. The van der Waals surface area contributed by atoms with Crippen molar-refractivity contribution in [2.45, 2.75) is 5.41 Å². The molecule has 3 heteroatoms. The monoisotopic (exact) mass is 661 g/mol. The minimum atomic E-state index is -0.383. The molecule has 0 saturated heterocycles. The van der Waals surface area contributed by atoms with Crippen molar-refractivity contribution < 1.29 is 0 Å². The zero-order valence-corrected chi connectivity index (χ0v) is 28.2. The molecule has 0 amide bonds. The highest BCUT2D eigenvalue weighted by Crippen LogP contribution is 2.63. The normalized spacial score (nSPS) is 13.2. The van der Waals surface area contributed by atoms with Crippen LogP contribution >= 0.6 is 0 Å². The van der Waals surface area contributed by atoms with Crippen LogP contribution in [-0.4, -0.2) is 14.4 Å². The predicted molar refractivity (Wildman–Crippen MR) is 211 cm³/mol. The number of hydrogen-bond acceptors (Lipinski definition) is 2. The van der Waals surface area contributed by atoms with E-state index in [1.165, 1.54) is 44.5 Å². The van der Waals surface area contributed by atoms with Crippen LogP contribution in [0.1, 0.15) is 22.3 Å². The second-order valence-corrected chi connectivity index (χ2v) is 13.7. The number of rotatable bonds is 4. The molecule has 0 aliphatic heterocycles. The van der Waals surface area contributed by atoms with Gasteiger partial charge in [-0.1, -0.05) is 146 Å². The van der Waals surface area contributed by atoms with E-state index in [-0.39, 0.29) is 5.41 Å². The third kappa shape index (κ3) is 4.02. The molecule has 1 spiro atoms. The van der Waals surface area contributed by atoms with Crippen LogP contribution in [0.3, 0.4) is 0 Å². The molecule has 9 aromatic rings. The van der Waals surface area contributed by atoms with Gasteiger partial charge < -0.3 is 0 Å². The Morgan fingerprint density at radius 1 is 0.365 bits per heavy atom. The van der Waals surface area contributed by atoms with E-state index in [0.29, 0.717) is 0 Å². The van der Waals surface area contributed by atoms with Gasteiger partial charge in [-0.05, 0) is 80.9 Å². The molecule has 0 radical (unpaired) electrons. The summed E-state index contributed by atoms with van der Waals surface area (Å²) < 4.78 is 2.18. The highest BCUT2D eigenvalue weighted by atomic mass is 15.0. The number of aromatic nitrogens is 3. The van der Waals surface area contributed by atoms with E-state index in [0.717, 1.165) is 50.7 Å². The van der Waals surface area contributed by atoms with E-state index in [9.17, 15) is 0 Å². The Hall–Kier alpha value is -6.84. The van der Waals surface area contributed by atoms with Crippen molar-refractivity contribution in [3.05, 3.63) is 210 Å². The molecule has 0 unspecified atom stereocenters. The highest BCUT2D eigenvalue weighted by molar-refractivity contribution is 5.96. The van der Waals surface area contributed by atoms with Gasteiger partial charge in [-0.25, -0.2) is 9.97 Å². The van der Waals surface area contributed by atoms with Crippen LogP contribution in [-0.2, 0) is 5.41 Å². The van der Waals surface area contributed by atoms with Crippen LogP contribution in [0.5, 0.6) is 0 Å². The molecule has 0 N–H and O–H groups in total. The molecule has 2 aliphatic carbocycles. The molecular weight excluding hydrogens is 631 g/mol. The second-order valence-electron chi connectivity index (χ2n) is 13.7. The third-order valence-electron chi connectivity index (χ3n) is 11.1. The Morgan fingerprint density at radius 2 is 0.904 bits per heavy atom. The van der Waals surface area contributed by atoms with Gasteiger partial charge in [-0.15, -0.1) is 0 Å². The van der Waals surface area contributed by atoms with Crippen molar-refractivity contribution in [2.75, 3.05) is 0 Å². The fourth-order valence-electron chi connectivity index (χ4n) is 8.91. The standard InChI is InChI=1S/C49H31N3/c1-2-14-32(15-3-1)47-48(52-29-11-10-26-46(52)51-47)35-17-12-16-33(30-35)44-24-13-25-45(50-44)34-27-28-39-38-20-6-9-23-42(38)49(43(39)31-34)40-21-7-4-18-36(40)37-19-5-8-22-41(37)49/h1-31H. The molecule has 0 atom stereocenters. The molecule has 0 bridgehead atoms. The predicted octanol–water partition coefficient (Wildman–Crippen LogP) is 11.7. The van der Waals surface area contributed by atoms with E-state index in [1.807, 2.05) is 12.1 Å². The van der Waals surface area contributed by atoms with E-state index in [4.69, 9.17) is 9.97 Å². The number of pyridine rings is 2. The van der Waals surface area contributed by atoms with Crippen LogP contribution < -0.4 is 0 Å². The van der Waals surface area contributed by atoms with Gasteiger partial charge in [0.25, 0.3) is 0 Å². The van der Waals surface area contributed by atoms with Gasteiger partial charge in [-0.3, -0.25) is 4.40 Å². The SMILES string of the molecule is c1ccc(-c2nc3ccccn3c2-c2cccc(-c3cccc(-c4ccc5c(c4)C4(c6ccccc6-c6ccccc64)c4ccccc4-5)n3)c2)cc1. The lowest BCUT2D eigenvalue weighted by Crippen LogP contribution is -2.25. The Balaban J connectivity index is 1.06. The van der Waals surface area contributed by atoms with Gasteiger partial charge in [0.15, 0.2) is 0 Å². The molecule has 2 aliphatic rings. The largest absolute Gasteiger partial charge is 0.299 e. The lowest BCUT2D eigenvalue weighted by molar-refractivity contribution is 0.794. The van der Waals surface area contributed by atoms with Crippen LogP contribution in [0, 0.1) is 0 Å². The van der Waals surface area contributed by atoms with Crippen LogP contribution in [0.2, 0.25) is 0 Å². The summed E-state index contributed by atoms with van der Waals surface area (Å²) in [5.41, 5.74) is 19.4. The van der Waals surface area contributed by atoms with Crippen molar-refractivity contribution in [1.29, 1.82) is 0 Å². The minimum absolute atomic E-state index is 0.383. The van der Waals surface area contributed by atoms with Gasteiger partial charge in [0.2, 0.25) is 0 Å². The number of fused-ring (bicyclic) bond motifs is 11. The summed E-state index contributed by atoms with van der Waals surface area (Å²) in [6.07, 6.45) is 2.09. The third-order valence-corrected chi connectivity index (χ3v) is 11.1. The number of nitrogens with zero attached hydrogens (tertiary/aromatic N) is 3. The van der Waals surface area contributed by atoms with Crippen molar-refractivity contribution in [1.82, 2.24) is 14.4 Å². The van der Waals surface area contributed by atoms with Crippen LogP contribution in [0.25, 0.3) is 72.9 Å². The molecule has 3 nitrogen and oxygen atoms in total. The number of imidazole rings is 1. The average molecular weight is 662 g/mol. The maximum Gasteiger partial charge on any atom is 0.137 e. The summed E-state index contributed by atoms with van der Waals surface area (Å²) in [4.78, 5) is 10.4. The zero-order chi connectivity index (χ0) is 34.2. The maximum absolute atomic E-state index is 5.33. The summed E-state index contributed by atoms with van der Waals surface area (Å²) in [6, 6.07) is 65.5. The fourth-order valence-corrected chi connectivity index (χ4v) is 8.91. The van der Waals surface area contributed by atoms with E-state index in [2.05, 4.69) is 180 Å². The van der Waals surface area contributed by atoms with Gasteiger partial charge in [-0.2, -0.15) is 0 Å². The van der Waals surface area contributed by atoms with Crippen molar-refractivity contribution in [2.24, 2.45) is 0 Å². The molecule has 3 heterocycles. The second kappa shape index (κ2) is 11.1. The molecule has 11 rings (SSSR count). The van der Waals surface area contributed by atoms with Crippen molar-refractivity contribution >= 4 is 5.65 Å². The van der Waals surface area contributed by atoms with E-state index in [1.54, 1.807) is 0 Å². The fraction of sp³-hybridized carbons (Fsp3) is 0.0204. The molecule has 0 fully saturated rings. The molecular formula is C49H31N3. The molecule has 3 aromatic heterocycles. The van der Waals surface area contributed by atoms with E-state index < -0.39 is 0 Å². The lowest BCUT2D eigenvalue weighted by Gasteiger charge is -2.30. The van der Waals surface area contributed by atoms with Gasteiger partial charge >= 0.3 is 0 Å². The first-order valence-electron chi connectivity index (χ1n) is 17.8. The van der Waals surface area contributed by atoms with Gasteiger partial charge in [0.05, 0.1) is 28.2 Å². The average Bonchev–Trinajstić information content (AvgIpc) is 3.86. The zero-order valence-electron chi connectivity index (χ0n) is 28.2. The van der Waals surface area contributed by atoms with Gasteiger partial charge in [0, 0.05) is 28.5 Å². The number of benzene rings is 6. The quantitative estimate of drug-likeness (QED) is 0.188. The minimum Gasteiger partial charge on any atom is -0.299 e. The summed E-state index contributed by atoms with van der Waals surface area (Å²) >= 11 is 0. The molecule has 52 heavy (non-hydrogen) atoms. The first-order valence-corrected chi connectivity index (χ1v) is 17.8. The molecule has 0 saturated carbocycles. The molecule has 6 aromatic carbocycles.